The Morgan fingerprint density at radius 2 is 1.82 bits per heavy atom. The molecule has 1 aliphatic rings. The van der Waals surface area contributed by atoms with Gasteiger partial charge >= 0.3 is 0 Å². The molecule has 2 heteroatoms. The van der Waals surface area contributed by atoms with E-state index >= 15 is 0 Å². The Morgan fingerprint density at radius 3 is 2.09 bits per heavy atom. The fourth-order valence-corrected chi connectivity index (χ4v) is 1.68. The van der Waals surface area contributed by atoms with Crippen molar-refractivity contribution in [1.29, 1.82) is 0 Å². The number of rotatable bonds is 2. The van der Waals surface area contributed by atoms with Gasteiger partial charge in [-0.25, -0.2) is 0 Å². The summed E-state index contributed by atoms with van der Waals surface area (Å²) < 4.78 is 0. The fourth-order valence-electron chi connectivity index (χ4n) is 1.68. The molecule has 1 saturated heterocycles. The Morgan fingerprint density at radius 1 is 1.36 bits per heavy atom. The highest BCUT2D eigenvalue weighted by Gasteiger charge is 2.40. The molecule has 1 aliphatic heterocycles. The molecule has 11 heavy (non-hydrogen) atoms. The van der Waals surface area contributed by atoms with Gasteiger partial charge in [0.25, 0.3) is 0 Å². The quantitative estimate of drug-likeness (QED) is 0.594. The van der Waals surface area contributed by atoms with Crippen molar-refractivity contribution in [3.63, 3.8) is 0 Å². The first-order chi connectivity index (χ1) is 5.13. The van der Waals surface area contributed by atoms with Gasteiger partial charge in [-0.15, -0.1) is 0 Å². The first-order valence-corrected chi connectivity index (χ1v) is 4.39. The average molecular weight is 155 g/mol. The molecule has 0 saturated carbocycles. The molecule has 0 bridgehead atoms. The average Bonchev–Trinajstić information content (AvgIpc) is 1.87. The Hall–Kier alpha value is -0.530. The third-order valence-corrected chi connectivity index (χ3v) is 3.00. The lowest BCUT2D eigenvalue weighted by Gasteiger charge is -2.49. The fraction of sp³-hybridized carbons (Fsp3) is 0.889. The first kappa shape index (κ1) is 8.57. The normalized spacial score (nSPS) is 21.2. The van der Waals surface area contributed by atoms with Crippen LogP contribution >= 0.6 is 0 Å². The van der Waals surface area contributed by atoms with Crippen LogP contribution in [0.3, 0.4) is 0 Å². The van der Waals surface area contributed by atoms with Crippen LogP contribution in [0.25, 0.3) is 0 Å². The van der Waals surface area contributed by atoms with Gasteiger partial charge in [0, 0.05) is 25.4 Å². The van der Waals surface area contributed by atoms with Gasteiger partial charge in [0.15, 0.2) is 0 Å². The van der Waals surface area contributed by atoms with Crippen molar-refractivity contribution in [2.75, 3.05) is 13.1 Å². The lowest BCUT2D eigenvalue weighted by atomic mass is 9.75. The van der Waals surface area contributed by atoms with Gasteiger partial charge in [-0.1, -0.05) is 13.8 Å². The van der Waals surface area contributed by atoms with Crippen LogP contribution in [0, 0.1) is 5.41 Å². The maximum atomic E-state index is 10.9. The Bertz CT molecular complexity index is 153. The van der Waals surface area contributed by atoms with E-state index in [9.17, 15) is 4.79 Å². The predicted octanol–water partition coefficient (Wildman–Crippen LogP) is 1.65. The van der Waals surface area contributed by atoms with Crippen molar-refractivity contribution in [3.8, 4) is 0 Å². The Balaban J connectivity index is 2.41. The molecule has 1 heterocycles. The lowest BCUT2D eigenvalue weighted by Crippen LogP contribution is -2.57. The number of carbonyl (C=O) groups is 1. The zero-order valence-electron chi connectivity index (χ0n) is 7.68. The molecule has 1 rings (SSSR count). The maximum absolute atomic E-state index is 10.9. The van der Waals surface area contributed by atoms with Crippen molar-refractivity contribution >= 4 is 5.91 Å². The third-order valence-electron chi connectivity index (χ3n) is 3.00. The standard InChI is InChI=1S/C9H17NO/c1-4-9(5-2)6-10(7-9)8(3)11/h4-7H2,1-3H3. The second-order valence-corrected chi connectivity index (χ2v) is 3.58. The number of likely N-dealkylation sites (tertiary alicyclic amines) is 1. The molecule has 2 nitrogen and oxygen atoms in total. The Labute approximate surface area is 68.6 Å². The van der Waals surface area contributed by atoms with E-state index in [-0.39, 0.29) is 5.91 Å². The van der Waals surface area contributed by atoms with Gasteiger partial charge in [0.05, 0.1) is 0 Å². The number of nitrogens with zero attached hydrogens (tertiary/aromatic N) is 1. The largest absolute Gasteiger partial charge is 0.342 e. The minimum absolute atomic E-state index is 0.225. The Kier molecular flexibility index (Phi) is 2.21. The van der Waals surface area contributed by atoms with Crippen LogP contribution in [0.1, 0.15) is 33.6 Å². The summed E-state index contributed by atoms with van der Waals surface area (Å²) in [5.74, 6) is 0.225. The summed E-state index contributed by atoms with van der Waals surface area (Å²) in [5.41, 5.74) is 0.464. The molecule has 0 unspecified atom stereocenters. The highest BCUT2D eigenvalue weighted by molar-refractivity contribution is 5.74. The van der Waals surface area contributed by atoms with E-state index in [2.05, 4.69) is 13.8 Å². The van der Waals surface area contributed by atoms with E-state index in [1.807, 2.05) is 4.90 Å². The molecule has 1 amide bonds. The molecule has 0 radical (unpaired) electrons. The summed E-state index contributed by atoms with van der Waals surface area (Å²) in [6.07, 6.45) is 2.40. The molecule has 0 N–H and O–H groups in total. The van der Waals surface area contributed by atoms with E-state index in [1.165, 1.54) is 12.8 Å². The summed E-state index contributed by atoms with van der Waals surface area (Å²) in [6.45, 7) is 8.03. The number of hydrogen-bond acceptors (Lipinski definition) is 1. The van der Waals surface area contributed by atoms with Crippen LogP contribution in [0.5, 0.6) is 0 Å². The van der Waals surface area contributed by atoms with Gasteiger partial charge in [-0.05, 0) is 12.8 Å². The van der Waals surface area contributed by atoms with Gasteiger partial charge in [0.2, 0.25) is 5.91 Å². The summed E-state index contributed by atoms with van der Waals surface area (Å²) in [5, 5.41) is 0. The zero-order chi connectivity index (χ0) is 8.48. The highest BCUT2D eigenvalue weighted by atomic mass is 16.2. The van der Waals surface area contributed by atoms with Crippen molar-refractivity contribution in [1.82, 2.24) is 4.90 Å². The van der Waals surface area contributed by atoms with Gasteiger partial charge in [0.1, 0.15) is 0 Å². The number of amides is 1. The summed E-state index contributed by atoms with van der Waals surface area (Å²) >= 11 is 0. The van der Waals surface area contributed by atoms with Crippen molar-refractivity contribution in [2.24, 2.45) is 5.41 Å². The van der Waals surface area contributed by atoms with Gasteiger partial charge < -0.3 is 4.90 Å². The smallest absolute Gasteiger partial charge is 0.219 e. The maximum Gasteiger partial charge on any atom is 0.219 e. The molecule has 0 spiro atoms. The van der Waals surface area contributed by atoms with E-state index in [1.54, 1.807) is 6.92 Å². The zero-order valence-corrected chi connectivity index (χ0v) is 7.68. The van der Waals surface area contributed by atoms with E-state index in [0.717, 1.165) is 13.1 Å². The van der Waals surface area contributed by atoms with E-state index < -0.39 is 0 Å². The van der Waals surface area contributed by atoms with E-state index in [0.29, 0.717) is 5.41 Å². The summed E-state index contributed by atoms with van der Waals surface area (Å²) in [6, 6.07) is 0. The van der Waals surface area contributed by atoms with Crippen molar-refractivity contribution in [2.45, 2.75) is 33.6 Å². The molecular weight excluding hydrogens is 138 g/mol. The van der Waals surface area contributed by atoms with Gasteiger partial charge in [-0.3, -0.25) is 4.79 Å². The number of hydrogen-bond donors (Lipinski definition) is 0. The highest BCUT2D eigenvalue weighted by Crippen LogP contribution is 2.36. The molecule has 0 aromatic heterocycles. The first-order valence-electron chi connectivity index (χ1n) is 4.39. The molecule has 64 valence electrons. The predicted molar refractivity (Wildman–Crippen MR) is 45.3 cm³/mol. The minimum Gasteiger partial charge on any atom is -0.342 e. The van der Waals surface area contributed by atoms with Crippen LogP contribution in [-0.2, 0) is 4.79 Å². The SMILES string of the molecule is CCC1(CC)CN(C(C)=O)C1. The topological polar surface area (TPSA) is 20.3 Å². The molecule has 0 aliphatic carbocycles. The molecule has 0 atom stereocenters. The lowest BCUT2D eigenvalue weighted by molar-refractivity contribution is -0.141. The molecule has 0 aromatic rings. The van der Waals surface area contributed by atoms with Crippen LogP contribution in [-0.4, -0.2) is 23.9 Å². The van der Waals surface area contributed by atoms with Crippen LogP contribution in [0.2, 0.25) is 0 Å². The van der Waals surface area contributed by atoms with Crippen molar-refractivity contribution < 1.29 is 4.79 Å². The monoisotopic (exact) mass is 155 g/mol. The molecule has 0 aromatic carbocycles. The minimum atomic E-state index is 0.225. The molecular formula is C9H17NO. The second kappa shape index (κ2) is 2.84. The van der Waals surface area contributed by atoms with E-state index in [4.69, 9.17) is 0 Å². The second-order valence-electron chi connectivity index (χ2n) is 3.58. The third kappa shape index (κ3) is 1.39. The summed E-state index contributed by atoms with van der Waals surface area (Å²) in [7, 11) is 0. The summed E-state index contributed by atoms with van der Waals surface area (Å²) in [4.78, 5) is 12.8. The van der Waals surface area contributed by atoms with Crippen LogP contribution in [0.4, 0.5) is 0 Å². The molecule has 1 fully saturated rings. The van der Waals surface area contributed by atoms with Crippen LogP contribution in [0.15, 0.2) is 0 Å². The van der Waals surface area contributed by atoms with Crippen molar-refractivity contribution in [3.05, 3.63) is 0 Å². The van der Waals surface area contributed by atoms with Gasteiger partial charge in [-0.2, -0.15) is 0 Å². The number of carbonyl (C=O) groups excluding carboxylic acids is 1. The van der Waals surface area contributed by atoms with Crippen LogP contribution < -0.4 is 0 Å².